The molecule has 0 saturated carbocycles. The molecular formula is C22H24N4O6S2. The zero-order valence-corrected chi connectivity index (χ0v) is 20.0. The highest BCUT2D eigenvalue weighted by molar-refractivity contribution is 8.04. The molecule has 2 aromatic heterocycles. The van der Waals surface area contributed by atoms with Gasteiger partial charge in [0.1, 0.15) is 17.8 Å². The van der Waals surface area contributed by atoms with Gasteiger partial charge in [0.05, 0.1) is 17.5 Å². The Morgan fingerprint density at radius 2 is 2.03 bits per heavy atom. The molecule has 10 nitrogen and oxygen atoms in total. The first-order valence-corrected chi connectivity index (χ1v) is 13.2. The summed E-state index contributed by atoms with van der Waals surface area (Å²) in [5, 5.41) is 3.32. The van der Waals surface area contributed by atoms with Crippen LogP contribution in [-0.4, -0.2) is 76.5 Å². The normalized spacial score (nSPS) is 21.3. The van der Waals surface area contributed by atoms with Gasteiger partial charge in [-0.1, -0.05) is 25.5 Å². The fraction of sp³-hybridized carbons (Fsp3) is 0.409. The van der Waals surface area contributed by atoms with E-state index in [0.29, 0.717) is 17.7 Å². The molecule has 2 amide bonds. The van der Waals surface area contributed by atoms with Crippen molar-refractivity contribution in [2.75, 3.05) is 13.1 Å². The lowest BCUT2D eigenvalue weighted by molar-refractivity contribution is -0.138. The molecular weight excluding hydrogens is 480 g/mol. The lowest BCUT2D eigenvalue weighted by Crippen LogP contribution is -2.52. The summed E-state index contributed by atoms with van der Waals surface area (Å²) in [7, 11) is -4.50. The summed E-state index contributed by atoms with van der Waals surface area (Å²) < 4.78 is 27.0. The summed E-state index contributed by atoms with van der Waals surface area (Å²) >= 11 is 1.25. The van der Waals surface area contributed by atoms with E-state index >= 15 is 0 Å². The Morgan fingerprint density at radius 3 is 2.68 bits per heavy atom. The van der Waals surface area contributed by atoms with E-state index in [1.165, 1.54) is 34.6 Å². The highest BCUT2D eigenvalue weighted by Crippen LogP contribution is 2.33. The van der Waals surface area contributed by atoms with Crippen LogP contribution in [0.2, 0.25) is 0 Å². The number of carbonyl (C=O) groups excluding carboxylic acids is 4. The third-order valence-corrected chi connectivity index (χ3v) is 8.57. The topological polar surface area (TPSA) is 134 Å². The van der Waals surface area contributed by atoms with Crippen molar-refractivity contribution in [3.8, 4) is 0 Å². The van der Waals surface area contributed by atoms with Crippen LogP contribution in [0, 0.1) is 0 Å². The minimum atomic E-state index is -4.50. The van der Waals surface area contributed by atoms with Crippen molar-refractivity contribution >= 4 is 44.1 Å². The van der Waals surface area contributed by atoms with Gasteiger partial charge in [-0.15, -0.1) is 11.3 Å². The predicted octanol–water partition coefficient (Wildman–Crippen LogP) is 1.07. The first-order chi connectivity index (χ1) is 16.3. The average Bonchev–Trinajstić information content (AvgIpc) is 3.57. The lowest BCUT2D eigenvalue weighted by atomic mass is 10.1. The third-order valence-electron chi connectivity index (χ3n) is 6.00. The number of pyridine rings is 1. The van der Waals surface area contributed by atoms with Crippen LogP contribution in [0.3, 0.4) is 0 Å². The standard InChI is InChI=1S/C22H24N4O6S2/c1-2-6-14(24-20(28)18-8-5-12-33-18)21(29)25-11-9-16-19(25)17(27)13-26(16)34(31,32)22(30)15-7-3-4-10-23-15/h3-5,7-8,10,12,14,16,19H,2,6,9,11,13H2,1H3,(H,24,28). The Balaban J connectivity index is 1.53. The SMILES string of the molecule is CCCC(NC(=O)c1cccs1)C(=O)N1CCC2C1C(=O)CN2S(=O)(=O)C(=O)c1ccccn1. The Hall–Kier alpha value is -2.96. The van der Waals surface area contributed by atoms with Crippen molar-refractivity contribution in [2.24, 2.45) is 0 Å². The second-order valence-corrected chi connectivity index (χ2v) is 10.9. The van der Waals surface area contributed by atoms with Crippen LogP contribution in [0.1, 0.15) is 46.3 Å². The monoisotopic (exact) mass is 504 g/mol. The van der Waals surface area contributed by atoms with Gasteiger partial charge in [0.15, 0.2) is 5.78 Å². The summed E-state index contributed by atoms with van der Waals surface area (Å²) in [6, 6.07) is 5.09. The molecule has 4 heterocycles. The van der Waals surface area contributed by atoms with Crippen molar-refractivity contribution in [3.63, 3.8) is 0 Å². The van der Waals surface area contributed by atoms with Crippen molar-refractivity contribution in [1.82, 2.24) is 19.5 Å². The fourth-order valence-corrected chi connectivity index (χ4v) is 6.55. The van der Waals surface area contributed by atoms with Gasteiger partial charge in [-0.25, -0.2) is 8.42 Å². The van der Waals surface area contributed by atoms with Crippen LogP contribution in [0.15, 0.2) is 41.9 Å². The van der Waals surface area contributed by atoms with Gasteiger partial charge in [0.2, 0.25) is 5.91 Å². The number of sulfonamides is 1. The van der Waals surface area contributed by atoms with E-state index in [1.54, 1.807) is 23.6 Å². The number of nitrogens with zero attached hydrogens (tertiary/aromatic N) is 3. The van der Waals surface area contributed by atoms with Crippen LogP contribution >= 0.6 is 11.3 Å². The number of thiophene rings is 1. The zero-order valence-electron chi connectivity index (χ0n) is 18.4. The van der Waals surface area contributed by atoms with E-state index in [9.17, 15) is 27.6 Å². The van der Waals surface area contributed by atoms with Crippen molar-refractivity contribution in [2.45, 2.75) is 44.3 Å². The summed E-state index contributed by atoms with van der Waals surface area (Å²) in [5.41, 5.74) is -0.233. The first-order valence-electron chi connectivity index (χ1n) is 10.9. The molecule has 0 aliphatic carbocycles. The Kier molecular flexibility index (Phi) is 6.91. The van der Waals surface area contributed by atoms with Gasteiger partial charge >= 0.3 is 5.12 Å². The summed E-state index contributed by atoms with van der Waals surface area (Å²) in [6.07, 6.45) is 2.53. The van der Waals surface area contributed by atoms with E-state index in [2.05, 4.69) is 10.3 Å². The molecule has 12 heteroatoms. The number of amides is 2. The zero-order chi connectivity index (χ0) is 24.5. The molecule has 3 atom stereocenters. The number of rotatable bonds is 7. The van der Waals surface area contributed by atoms with Crippen molar-refractivity contribution in [1.29, 1.82) is 0 Å². The third kappa shape index (κ3) is 4.40. The molecule has 2 aromatic rings. The molecule has 2 aliphatic heterocycles. The molecule has 0 bridgehead atoms. The maximum Gasteiger partial charge on any atom is 0.310 e. The van der Waals surface area contributed by atoms with E-state index in [-0.39, 0.29) is 24.6 Å². The molecule has 3 unspecified atom stereocenters. The quantitative estimate of drug-likeness (QED) is 0.596. The minimum Gasteiger partial charge on any atom is -0.340 e. The van der Waals surface area contributed by atoms with E-state index in [1.807, 2.05) is 6.92 Å². The molecule has 1 N–H and O–H groups in total. The van der Waals surface area contributed by atoms with Gasteiger partial charge in [-0.2, -0.15) is 4.31 Å². The number of likely N-dealkylation sites (tertiary alicyclic amines) is 1. The summed E-state index contributed by atoms with van der Waals surface area (Å²) in [5.74, 6) is -1.25. The number of carbonyl (C=O) groups is 4. The number of hydrogen-bond donors (Lipinski definition) is 1. The van der Waals surface area contributed by atoms with Gasteiger partial charge in [0.25, 0.3) is 15.9 Å². The van der Waals surface area contributed by atoms with E-state index in [4.69, 9.17) is 0 Å². The largest absolute Gasteiger partial charge is 0.340 e. The molecule has 180 valence electrons. The Morgan fingerprint density at radius 1 is 1.24 bits per heavy atom. The predicted molar refractivity (Wildman–Crippen MR) is 124 cm³/mol. The molecule has 4 rings (SSSR count). The van der Waals surface area contributed by atoms with Crippen LogP contribution in [0.4, 0.5) is 0 Å². The van der Waals surface area contributed by atoms with Gasteiger partial charge in [0, 0.05) is 12.7 Å². The highest BCUT2D eigenvalue weighted by atomic mass is 32.2. The van der Waals surface area contributed by atoms with Crippen LogP contribution in [0.5, 0.6) is 0 Å². The first kappa shape index (κ1) is 24.2. The molecule has 0 spiro atoms. The van der Waals surface area contributed by atoms with Crippen LogP contribution in [-0.2, 0) is 19.6 Å². The molecule has 0 radical (unpaired) electrons. The maximum atomic E-state index is 13.4. The average molecular weight is 505 g/mol. The van der Waals surface area contributed by atoms with Crippen LogP contribution < -0.4 is 5.32 Å². The molecule has 0 aromatic carbocycles. The van der Waals surface area contributed by atoms with Crippen molar-refractivity contribution in [3.05, 3.63) is 52.5 Å². The highest BCUT2D eigenvalue weighted by Gasteiger charge is 2.55. The maximum absolute atomic E-state index is 13.4. The van der Waals surface area contributed by atoms with Gasteiger partial charge in [-0.05, 0) is 36.4 Å². The lowest BCUT2D eigenvalue weighted by Gasteiger charge is -2.28. The number of nitrogens with one attached hydrogen (secondary N) is 1. The molecule has 2 aliphatic rings. The molecule has 2 saturated heterocycles. The number of Topliss-reactive ketones (excluding diaryl/α,β-unsaturated/α-hetero) is 1. The van der Waals surface area contributed by atoms with Gasteiger partial charge in [-0.3, -0.25) is 24.2 Å². The number of ketones is 1. The summed E-state index contributed by atoms with van der Waals surface area (Å²) in [4.78, 5) is 57.0. The van der Waals surface area contributed by atoms with Crippen LogP contribution in [0.25, 0.3) is 0 Å². The fourth-order valence-electron chi connectivity index (χ4n) is 4.45. The number of fused-ring (bicyclic) bond motifs is 1. The minimum absolute atomic E-state index is 0.152. The van der Waals surface area contributed by atoms with Crippen molar-refractivity contribution < 1.29 is 27.6 Å². The van der Waals surface area contributed by atoms with E-state index < -0.39 is 51.5 Å². The second-order valence-electron chi connectivity index (χ2n) is 8.14. The number of hydrogen-bond acceptors (Lipinski definition) is 8. The Bertz CT molecular complexity index is 1200. The molecule has 2 fully saturated rings. The number of aromatic nitrogens is 1. The summed E-state index contributed by atoms with van der Waals surface area (Å²) in [6.45, 7) is 1.54. The van der Waals surface area contributed by atoms with E-state index in [0.717, 1.165) is 4.31 Å². The van der Waals surface area contributed by atoms with Gasteiger partial charge < -0.3 is 10.2 Å². The Labute approximate surface area is 201 Å². The second kappa shape index (κ2) is 9.72. The smallest absolute Gasteiger partial charge is 0.310 e. The molecule has 34 heavy (non-hydrogen) atoms.